The zero-order valence-electron chi connectivity index (χ0n) is 17.4. The van der Waals surface area contributed by atoms with Crippen LogP contribution in [0.1, 0.15) is 37.4 Å². The van der Waals surface area contributed by atoms with Crippen LogP contribution in [0.2, 0.25) is 0 Å². The van der Waals surface area contributed by atoms with E-state index in [1.165, 1.54) is 30.3 Å². The van der Waals surface area contributed by atoms with E-state index in [2.05, 4.69) is 22.0 Å². The minimum Gasteiger partial charge on any atom is -0.369 e. The van der Waals surface area contributed by atoms with Crippen LogP contribution in [-0.2, 0) is 11.2 Å². The molecule has 3 rings (SSSR count). The lowest BCUT2D eigenvalue weighted by atomic mass is 10.0. The Morgan fingerprint density at radius 1 is 1.07 bits per heavy atom. The maximum atomic E-state index is 14.0. The van der Waals surface area contributed by atoms with Gasteiger partial charge in [0.25, 0.3) is 0 Å². The molecule has 30 heavy (non-hydrogen) atoms. The van der Waals surface area contributed by atoms with Crippen molar-refractivity contribution in [3.63, 3.8) is 0 Å². The number of piperazine rings is 1. The largest absolute Gasteiger partial charge is 0.369 e. The van der Waals surface area contributed by atoms with Crippen molar-refractivity contribution in [2.45, 2.75) is 32.7 Å². The first-order valence-electron chi connectivity index (χ1n) is 10.4. The third-order valence-corrected chi connectivity index (χ3v) is 5.66. The van der Waals surface area contributed by atoms with E-state index in [9.17, 15) is 18.0 Å². The summed E-state index contributed by atoms with van der Waals surface area (Å²) in [6.07, 6.45) is -0.0892. The quantitative estimate of drug-likeness (QED) is 0.735. The predicted molar refractivity (Wildman–Crippen MR) is 112 cm³/mol. The molecule has 162 valence electrons. The van der Waals surface area contributed by atoms with E-state index in [-0.39, 0.29) is 30.1 Å². The molecule has 1 unspecified atom stereocenters. The lowest BCUT2D eigenvalue weighted by Crippen LogP contribution is -2.46. The Hall–Kier alpha value is -2.54. The van der Waals surface area contributed by atoms with Crippen molar-refractivity contribution in [2.24, 2.45) is 0 Å². The van der Waals surface area contributed by atoms with Crippen molar-refractivity contribution in [3.05, 3.63) is 65.0 Å². The molecule has 0 spiro atoms. The van der Waals surface area contributed by atoms with Crippen molar-refractivity contribution in [1.29, 1.82) is 0 Å². The lowest BCUT2D eigenvalue weighted by Gasteiger charge is -2.37. The predicted octanol–water partition coefficient (Wildman–Crippen LogP) is 4.06. The number of nitrogens with zero attached hydrogens (tertiary/aromatic N) is 2. The van der Waals surface area contributed by atoms with Gasteiger partial charge in [-0.15, -0.1) is 0 Å². The second-order valence-corrected chi connectivity index (χ2v) is 7.61. The van der Waals surface area contributed by atoms with E-state index in [4.69, 9.17) is 0 Å². The van der Waals surface area contributed by atoms with Crippen LogP contribution in [-0.4, -0.2) is 43.5 Å². The Morgan fingerprint density at radius 2 is 1.73 bits per heavy atom. The molecule has 4 nitrogen and oxygen atoms in total. The van der Waals surface area contributed by atoms with Crippen LogP contribution in [0.3, 0.4) is 0 Å². The van der Waals surface area contributed by atoms with Gasteiger partial charge in [0.2, 0.25) is 5.91 Å². The second kappa shape index (κ2) is 9.98. The molecule has 1 atom stereocenters. The number of halogens is 3. The van der Waals surface area contributed by atoms with Crippen molar-refractivity contribution < 1.29 is 18.0 Å². The fourth-order valence-corrected chi connectivity index (χ4v) is 3.87. The van der Waals surface area contributed by atoms with Crippen molar-refractivity contribution in [2.75, 3.05) is 37.6 Å². The van der Waals surface area contributed by atoms with Crippen LogP contribution in [0.4, 0.5) is 18.9 Å². The highest BCUT2D eigenvalue weighted by Gasteiger charge is 2.22. The molecule has 2 aromatic carbocycles. The average molecular weight is 419 g/mol. The first-order valence-corrected chi connectivity index (χ1v) is 10.4. The fraction of sp³-hybridized carbons (Fsp3) is 0.435. The average Bonchev–Trinajstić information content (AvgIpc) is 2.73. The van der Waals surface area contributed by atoms with Crippen LogP contribution in [0.5, 0.6) is 0 Å². The molecular weight excluding hydrogens is 391 g/mol. The van der Waals surface area contributed by atoms with Gasteiger partial charge in [0.1, 0.15) is 17.5 Å². The number of hydrogen-bond acceptors (Lipinski definition) is 3. The van der Waals surface area contributed by atoms with Crippen LogP contribution >= 0.6 is 0 Å². The van der Waals surface area contributed by atoms with E-state index < -0.39 is 17.7 Å². The zero-order valence-corrected chi connectivity index (χ0v) is 17.4. The molecule has 1 aliphatic rings. The first-order chi connectivity index (χ1) is 14.4. The number of carbonyl (C=O) groups is 1. The molecule has 7 heteroatoms. The summed E-state index contributed by atoms with van der Waals surface area (Å²) in [5, 5.41) is 2.84. The summed E-state index contributed by atoms with van der Waals surface area (Å²) in [4.78, 5) is 17.0. The third kappa shape index (κ3) is 5.33. The summed E-state index contributed by atoms with van der Waals surface area (Å²) in [6, 6.07) is 7.85. The molecule has 0 aromatic heterocycles. The number of carbonyl (C=O) groups excluding carboxylic acids is 1. The highest BCUT2D eigenvalue weighted by Crippen LogP contribution is 2.28. The standard InChI is InChI=1S/C23H28F3N3O/c1-3-28-11-13-29(14-12-28)22-9-7-17(24)15-19(22)16(2)27-23(30)10-8-18-20(25)5-4-6-21(18)26/h4-7,9,15-16H,3,8,10-14H2,1-2H3,(H,27,30). The molecule has 1 aliphatic heterocycles. The smallest absolute Gasteiger partial charge is 0.220 e. The Bertz CT molecular complexity index is 862. The van der Waals surface area contributed by atoms with Gasteiger partial charge in [-0.05, 0) is 50.2 Å². The molecule has 0 saturated carbocycles. The van der Waals surface area contributed by atoms with Gasteiger partial charge in [0, 0.05) is 49.4 Å². The Kier molecular flexibility index (Phi) is 7.37. The van der Waals surface area contributed by atoms with Gasteiger partial charge < -0.3 is 15.1 Å². The van der Waals surface area contributed by atoms with Crippen molar-refractivity contribution in [3.8, 4) is 0 Å². The summed E-state index contributed by atoms with van der Waals surface area (Å²) in [5.74, 6) is -2.02. The molecule has 1 amide bonds. The Labute approximate surface area is 175 Å². The maximum absolute atomic E-state index is 14.0. The number of hydrogen-bond donors (Lipinski definition) is 1. The number of amides is 1. The van der Waals surface area contributed by atoms with Crippen molar-refractivity contribution >= 4 is 11.6 Å². The summed E-state index contributed by atoms with van der Waals surface area (Å²) >= 11 is 0. The molecule has 1 fully saturated rings. The van der Waals surface area contributed by atoms with Crippen LogP contribution < -0.4 is 10.2 Å². The normalized spacial score (nSPS) is 15.8. The highest BCUT2D eigenvalue weighted by atomic mass is 19.1. The van der Waals surface area contributed by atoms with Gasteiger partial charge in [0.15, 0.2) is 0 Å². The number of benzene rings is 2. The maximum Gasteiger partial charge on any atom is 0.220 e. The van der Waals surface area contributed by atoms with Gasteiger partial charge in [-0.3, -0.25) is 4.79 Å². The minimum absolute atomic E-state index is 0.0357. The third-order valence-electron chi connectivity index (χ3n) is 5.66. The van der Waals surface area contributed by atoms with Crippen LogP contribution in [0.25, 0.3) is 0 Å². The Morgan fingerprint density at radius 3 is 2.37 bits per heavy atom. The second-order valence-electron chi connectivity index (χ2n) is 7.61. The fourth-order valence-electron chi connectivity index (χ4n) is 3.87. The van der Waals surface area contributed by atoms with Crippen molar-refractivity contribution in [1.82, 2.24) is 10.2 Å². The molecular formula is C23H28F3N3O. The summed E-state index contributed by atoms with van der Waals surface area (Å²) < 4.78 is 41.5. The monoisotopic (exact) mass is 419 g/mol. The highest BCUT2D eigenvalue weighted by molar-refractivity contribution is 5.77. The van der Waals surface area contributed by atoms with Gasteiger partial charge in [0.05, 0.1) is 6.04 Å². The number of likely N-dealkylation sites (N-methyl/N-ethyl adjacent to an activating group) is 1. The van der Waals surface area contributed by atoms with E-state index in [0.29, 0.717) is 5.56 Å². The van der Waals surface area contributed by atoms with Gasteiger partial charge in [-0.25, -0.2) is 13.2 Å². The molecule has 0 aliphatic carbocycles. The molecule has 0 bridgehead atoms. The molecule has 2 aromatic rings. The van der Waals surface area contributed by atoms with E-state index >= 15 is 0 Å². The summed E-state index contributed by atoms with van der Waals surface area (Å²) in [5.41, 5.74) is 1.51. The number of nitrogens with one attached hydrogen (secondary N) is 1. The lowest BCUT2D eigenvalue weighted by molar-refractivity contribution is -0.121. The zero-order chi connectivity index (χ0) is 21.7. The van der Waals surface area contributed by atoms with Crippen LogP contribution in [0.15, 0.2) is 36.4 Å². The molecule has 1 saturated heterocycles. The summed E-state index contributed by atoms with van der Waals surface area (Å²) in [7, 11) is 0. The summed E-state index contributed by atoms with van der Waals surface area (Å²) in [6.45, 7) is 8.45. The molecule has 0 radical (unpaired) electrons. The van der Waals surface area contributed by atoms with Gasteiger partial charge in [-0.1, -0.05) is 13.0 Å². The van der Waals surface area contributed by atoms with E-state index in [1.807, 2.05) is 0 Å². The number of anilines is 1. The van der Waals surface area contributed by atoms with Crippen LogP contribution in [0, 0.1) is 17.5 Å². The topological polar surface area (TPSA) is 35.6 Å². The van der Waals surface area contributed by atoms with Gasteiger partial charge in [-0.2, -0.15) is 0 Å². The SMILES string of the molecule is CCN1CCN(c2ccc(F)cc2C(C)NC(=O)CCc2c(F)cccc2F)CC1. The Balaban J connectivity index is 1.66. The van der Waals surface area contributed by atoms with E-state index in [1.54, 1.807) is 13.0 Å². The molecule has 1 heterocycles. The minimum atomic E-state index is -0.658. The number of rotatable bonds is 7. The van der Waals surface area contributed by atoms with E-state index in [0.717, 1.165) is 38.4 Å². The first kappa shape index (κ1) is 22.2. The van der Waals surface area contributed by atoms with Gasteiger partial charge >= 0.3 is 0 Å². The molecule has 1 N–H and O–H groups in total.